The van der Waals surface area contributed by atoms with Crippen LogP contribution in [0.2, 0.25) is 0 Å². The molecule has 0 aromatic heterocycles. The van der Waals surface area contributed by atoms with Crippen LogP contribution in [-0.2, 0) is 4.79 Å². The van der Waals surface area contributed by atoms with Crippen LogP contribution in [0.15, 0.2) is 12.1 Å². The van der Waals surface area contributed by atoms with Gasteiger partial charge < -0.3 is 19.5 Å². The lowest BCUT2D eigenvalue weighted by Crippen LogP contribution is -2.26. The smallest absolute Gasteiger partial charge is 0.226 e. The summed E-state index contributed by atoms with van der Waals surface area (Å²) in [5.74, 6) is 1.26. The highest BCUT2D eigenvalue weighted by Crippen LogP contribution is 2.34. The second-order valence-corrected chi connectivity index (χ2v) is 4.27. The summed E-state index contributed by atoms with van der Waals surface area (Å²) in [7, 11) is 4.84. The van der Waals surface area contributed by atoms with Gasteiger partial charge in [0.15, 0.2) is 0 Å². The van der Waals surface area contributed by atoms with E-state index in [1.165, 1.54) is 4.90 Å². The van der Waals surface area contributed by atoms with Gasteiger partial charge in [-0.1, -0.05) is 0 Å². The topological polar surface area (TPSA) is 59.0 Å². The number of rotatable bonds is 6. The summed E-state index contributed by atoms with van der Waals surface area (Å²) in [4.78, 5) is 13.5. The molecule has 5 nitrogen and oxygen atoms in total. The second kappa shape index (κ2) is 6.99. The zero-order valence-electron chi connectivity index (χ0n) is 11.9. The Labute approximate surface area is 113 Å². The first-order valence-electron chi connectivity index (χ1n) is 6.15. The molecule has 106 valence electrons. The van der Waals surface area contributed by atoms with E-state index in [0.29, 0.717) is 30.0 Å². The van der Waals surface area contributed by atoms with Crippen LogP contribution in [0.1, 0.15) is 18.4 Å². The zero-order valence-corrected chi connectivity index (χ0v) is 11.9. The number of anilines is 1. The maximum atomic E-state index is 12.0. The van der Waals surface area contributed by atoms with E-state index in [1.54, 1.807) is 27.3 Å². The van der Waals surface area contributed by atoms with Crippen molar-refractivity contribution in [1.29, 1.82) is 0 Å². The third-order valence-corrected chi connectivity index (χ3v) is 2.98. The number of amides is 1. The van der Waals surface area contributed by atoms with Crippen LogP contribution < -0.4 is 14.4 Å². The molecule has 0 saturated carbocycles. The quantitative estimate of drug-likeness (QED) is 0.853. The Morgan fingerprint density at radius 1 is 1.26 bits per heavy atom. The molecule has 1 aromatic carbocycles. The first-order chi connectivity index (χ1) is 9.04. The summed E-state index contributed by atoms with van der Waals surface area (Å²) in [5.41, 5.74) is 1.60. The van der Waals surface area contributed by atoms with Gasteiger partial charge in [-0.15, -0.1) is 0 Å². The Hall–Kier alpha value is -1.75. The van der Waals surface area contributed by atoms with Gasteiger partial charge in [0.05, 0.1) is 19.9 Å². The van der Waals surface area contributed by atoms with Crippen LogP contribution in [0.4, 0.5) is 5.69 Å². The van der Waals surface area contributed by atoms with E-state index in [1.807, 2.05) is 13.0 Å². The standard InChI is InChI=1S/C14H21NO4/c1-10-8-13(19-4)11(9-12(10)18-3)15(2)14(17)6-5-7-16/h8-9,16H,5-7H2,1-4H3. The molecule has 1 rings (SSSR count). The van der Waals surface area contributed by atoms with Crippen LogP contribution in [0.3, 0.4) is 0 Å². The van der Waals surface area contributed by atoms with Crippen molar-refractivity contribution in [3.63, 3.8) is 0 Å². The number of ether oxygens (including phenoxy) is 2. The minimum atomic E-state index is -0.0711. The molecule has 0 aliphatic heterocycles. The van der Waals surface area contributed by atoms with E-state index >= 15 is 0 Å². The number of methoxy groups -OCH3 is 2. The molecular formula is C14H21NO4. The highest BCUT2D eigenvalue weighted by atomic mass is 16.5. The molecular weight excluding hydrogens is 246 g/mol. The number of aliphatic hydroxyl groups is 1. The molecule has 0 bridgehead atoms. The molecule has 0 heterocycles. The minimum absolute atomic E-state index is 0.00787. The summed E-state index contributed by atoms with van der Waals surface area (Å²) in [6.45, 7) is 1.92. The fourth-order valence-corrected chi connectivity index (χ4v) is 1.83. The van der Waals surface area contributed by atoms with Crippen molar-refractivity contribution in [2.75, 3.05) is 32.8 Å². The van der Waals surface area contributed by atoms with Gasteiger partial charge in [-0.05, 0) is 25.0 Å². The van der Waals surface area contributed by atoms with Gasteiger partial charge in [-0.3, -0.25) is 4.79 Å². The van der Waals surface area contributed by atoms with Crippen molar-refractivity contribution in [3.8, 4) is 11.5 Å². The number of hydrogen-bond acceptors (Lipinski definition) is 4. The fraction of sp³-hybridized carbons (Fsp3) is 0.500. The molecule has 0 atom stereocenters. The number of benzene rings is 1. The molecule has 1 N–H and O–H groups in total. The molecule has 0 saturated heterocycles. The Morgan fingerprint density at radius 3 is 2.42 bits per heavy atom. The molecule has 19 heavy (non-hydrogen) atoms. The normalized spacial score (nSPS) is 10.2. The van der Waals surface area contributed by atoms with Crippen LogP contribution in [0.25, 0.3) is 0 Å². The summed E-state index contributed by atoms with van der Waals surface area (Å²) in [6, 6.07) is 3.62. The Kier molecular flexibility index (Phi) is 5.63. The molecule has 0 aliphatic carbocycles. The second-order valence-electron chi connectivity index (χ2n) is 4.27. The van der Waals surface area contributed by atoms with E-state index in [4.69, 9.17) is 14.6 Å². The fourth-order valence-electron chi connectivity index (χ4n) is 1.83. The third-order valence-electron chi connectivity index (χ3n) is 2.98. The number of hydrogen-bond donors (Lipinski definition) is 1. The van der Waals surface area contributed by atoms with Gasteiger partial charge >= 0.3 is 0 Å². The number of carbonyl (C=O) groups is 1. The third kappa shape index (κ3) is 3.61. The first-order valence-corrected chi connectivity index (χ1v) is 6.15. The number of aliphatic hydroxyl groups excluding tert-OH is 1. The minimum Gasteiger partial charge on any atom is -0.496 e. The Balaban J connectivity index is 3.06. The van der Waals surface area contributed by atoms with E-state index < -0.39 is 0 Å². The van der Waals surface area contributed by atoms with E-state index in [9.17, 15) is 4.79 Å². The van der Waals surface area contributed by atoms with Crippen LogP contribution in [-0.4, -0.2) is 38.9 Å². The Bertz CT molecular complexity index is 445. The lowest BCUT2D eigenvalue weighted by Gasteiger charge is -2.21. The lowest BCUT2D eigenvalue weighted by atomic mass is 10.1. The molecule has 5 heteroatoms. The van der Waals surface area contributed by atoms with Crippen LogP contribution in [0.5, 0.6) is 11.5 Å². The van der Waals surface area contributed by atoms with Gasteiger partial charge in [-0.25, -0.2) is 0 Å². The molecule has 0 fully saturated rings. The molecule has 0 spiro atoms. The molecule has 1 aromatic rings. The molecule has 0 unspecified atom stereocenters. The molecule has 1 amide bonds. The van der Waals surface area contributed by atoms with Gasteiger partial charge in [0.25, 0.3) is 0 Å². The number of carbonyl (C=O) groups excluding carboxylic acids is 1. The summed E-state index contributed by atoms with van der Waals surface area (Å²) in [5, 5.41) is 8.77. The average Bonchev–Trinajstić information content (AvgIpc) is 2.43. The van der Waals surface area contributed by atoms with Crippen molar-refractivity contribution >= 4 is 11.6 Å². The van der Waals surface area contributed by atoms with Crippen LogP contribution >= 0.6 is 0 Å². The molecule has 0 aliphatic rings. The van der Waals surface area contributed by atoms with E-state index in [-0.39, 0.29) is 12.5 Å². The van der Waals surface area contributed by atoms with Gasteiger partial charge in [0.1, 0.15) is 11.5 Å². The van der Waals surface area contributed by atoms with Gasteiger partial charge in [0, 0.05) is 26.1 Å². The van der Waals surface area contributed by atoms with Gasteiger partial charge in [-0.2, -0.15) is 0 Å². The largest absolute Gasteiger partial charge is 0.496 e. The maximum absolute atomic E-state index is 12.0. The summed E-state index contributed by atoms with van der Waals surface area (Å²) >= 11 is 0. The Morgan fingerprint density at radius 2 is 1.89 bits per heavy atom. The van der Waals surface area contributed by atoms with E-state index in [0.717, 1.165) is 5.56 Å². The van der Waals surface area contributed by atoms with Crippen molar-refractivity contribution < 1.29 is 19.4 Å². The highest BCUT2D eigenvalue weighted by Gasteiger charge is 2.17. The number of aryl methyl sites for hydroxylation is 1. The zero-order chi connectivity index (χ0) is 14.4. The monoisotopic (exact) mass is 267 g/mol. The molecule has 0 radical (unpaired) electrons. The van der Waals surface area contributed by atoms with Crippen molar-refractivity contribution in [2.24, 2.45) is 0 Å². The lowest BCUT2D eigenvalue weighted by molar-refractivity contribution is -0.118. The average molecular weight is 267 g/mol. The summed E-state index contributed by atoms with van der Waals surface area (Å²) < 4.78 is 10.6. The van der Waals surface area contributed by atoms with E-state index in [2.05, 4.69) is 0 Å². The summed E-state index contributed by atoms with van der Waals surface area (Å²) in [6.07, 6.45) is 0.751. The first kappa shape index (κ1) is 15.3. The van der Waals surface area contributed by atoms with Crippen molar-refractivity contribution in [1.82, 2.24) is 0 Å². The van der Waals surface area contributed by atoms with Gasteiger partial charge in [0.2, 0.25) is 5.91 Å². The maximum Gasteiger partial charge on any atom is 0.226 e. The van der Waals surface area contributed by atoms with Crippen LogP contribution in [0, 0.1) is 6.92 Å². The highest BCUT2D eigenvalue weighted by molar-refractivity contribution is 5.94. The SMILES string of the molecule is COc1cc(N(C)C(=O)CCCO)c(OC)cc1C. The predicted molar refractivity (Wildman–Crippen MR) is 74.0 cm³/mol. The predicted octanol–water partition coefficient (Wildman–Crippen LogP) is 1.75. The number of nitrogens with zero attached hydrogens (tertiary/aromatic N) is 1. The van der Waals surface area contributed by atoms with Crippen molar-refractivity contribution in [2.45, 2.75) is 19.8 Å². The van der Waals surface area contributed by atoms with Crippen molar-refractivity contribution in [3.05, 3.63) is 17.7 Å².